The van der Waals surface area contributed by atoms with E-state index in [2.05, 4.69) is 10.3 Å². The van der Waals surface area contributed by atoms with Crippen molar-refractivity contribution in [2.75, 3.05) is 18.5 Å². The average molecular weight is 410 g/mol. The molecule has 6 nitrogen and oxygen atoms in total. The number of carbonyl (C=O) groups is 2. The van der Waals surface area contributed by atoms with Crippen molar-refractivity contribution in [1.29, 1.82) is 0 Å². The Balaban J connectivity index is 1.85. The Morgan fingerprint density at radius 1 is 1.03 bits per heavy atom. The van der Waals surface area contributed by atoms with Crippen molar-refractivity contribution in [2.24, 2.45) is 0 Å². The first-order valence-electron chi connectivity index (χ1n) is 9.35. The molecule has 0 unspecified atom stereocenters. The van der Waals surface area contributed by atoms with Crippen LogP contribution < -0.4 is 10.1 Å². The van der Waals surface area contributed by atoms with E-state index >= 15 is 0 Å². The summed E-state index contributed by atoms with van der Waals surface area (Å²) in [5, 5.41) is 3.25. The fourth-order valence-electron chi connectivity index (χ4n) is 2.75. The Morgan fingerprint density at radius 2 is 1.83 bits per heavy atom. The number of amides is 1. The third-order valence-electron chi connectivity index (χ3n) is 3.98. The summed E-state index contributed by atoms with van der Waals surface area (Å²) in [6.45, 7) is 4.50. The number of benzene rings is 2. The molecule has 3 rings (SSSR count). The summed E-state index contributed by atoms with van der Waals surface area (Å²) in [5.74, 6) is 0.0190. The number of hydrogen-bond donors (Lipinski definition) is 1. The number of aromatic nitrogens is 1. The van der Waals surface area contributed by atoms with Gasteiger partial charge < -0.3 is 9.47 Å². The number of thiazole rings is 1. The zero-order valence-electron chi connectivity index (χ0n) is 16.3. The van der Waals surface area contributed by atoms with Gasteiger partial charge in [-0.25, -0.2) is 4.98 Å². The standard InChI is InChI=1S/C22H22N2O4S/c1-3-27-17-12-8-11-16(13-17)21(26)24-22-23-20(15-9-6-5-7-10-15)18(29-22)14-19(25)28-4-2/h5-13H,3-4,14H2,1-2H3,(H,23,24,26). The van der Waals surface area contributed by atoms with E-state index in [0.717, 1.165) is 10.4 Å². The molecular weight excluding hydrogens is 388 g/mol. The summed E-state index contributed by atoms with van der Waals surface area (Å²) in [6.07, 6.45) is 0.103. The lowest BCUT2D eigenvalue weighted by Crippen LogP contribution is -2.11. The topological polar surface area (TPSA) is 77.5 Å². The van der Waals surface area contributed by atoms with Crippen LogP contribution in [0.2, 0.25) is 0 Å². The first-order chi connectivity index (χ1) is 14.1. The van der Waals surface area contributed by atoms with Crippen LogP contribution >= 0.6 is 11.3 Å². The predicted octanol–water partition coefficient (Wildman–Crippen LogP) is 4.57. The third kappa shape index (κ3) is 5.42. The van der Waals surface area contributed by atoms with E-state index < -0.39 is 0 Å². The highest BCUT2D eigenvalue weighted by Gasteiger charge is 2.18. The Hall–Kier alpha value is -3.19. The van der Waals surface area contributed by atoms with Crippen molar-refractivity contribution in [3.05, 3.63) is 65.0 Å². The summed E-state index contributed by atoms with van der Waals surface area (Å²) in [7, 11) is 0. The number of hydrogen-bond acceptors (Lipinski definition) is 6. The van der Waals surface area contributed by atoms with Gasteiger partial charge in [0.1, 0.15) is 5.75 Å². The summed E-state index contributed by atoms with van der Waals surface area (Å²) in [4.78, 5) is 30.0. The van der Waals surface area contributed by atoms with E-state index in [4.69, 9.17) is 9.47 Å². The highest BCUT2D eigenvalue weighted by molar-refractivity contribution is 7.16. The summed E-state index contributed by atoms with van der Waals surface area (Å²) < 4.78 is 10.5. The molecule has 150 valence electrons. The highest BCUT2D eigenvalue weighted by atomic mass is 32.1. The number of nitrogens with one attached hydrogen (secondary N) is 1. The van der Waals surface area contributed by atoms with Crippen LogP contribution in [0.1, 0.15) is 29.1 Å². The maximum atomic E-state index is 12.7. The van der Waals surface area contributed by atoms with Crippen LogP contribution in [-0.2, 0) is 16.0 Å². The molecule has 2 aromatic carbocycles. The largest absolute Gasteiger partial charge is 0.494 e. The lowest BCUT2D eigenvalue weighted by molar-refractivity contribution is -0.142. The molecule has 1 aromatic heterocycles. The van der Waals surface area contributed by atoms with Gasteiger partial charge in [0.25, 0.3) is 5.91 Å². The fraction of sp³-hybridized carbons (Fsp3) is 0.227. The summed E-state index contributed by atoms with van der Waals surface area (Å²) in [6, 6.07) is 16.5. The molecule has 1 heterocycles. The molecule has 0 atom stereocenters. The van der Waals surface area contributed by atoms with E-state index in [9.17, 15) is 9.59 Å². The third-order valence-corrected chi connectivity index (χ3v) is 4.95. The van der Waals surface area contributed by atoms with Gasteiger partial charge in [-0.15, -0.1) is 11.3 Å². The normalized spacial score (nSPS) is 10.4. The summed E-state index contributed by atoms with van der Waals surface area (Å²) >= 11 is 1.27. The quantitative estimate of drug-likeness (QED) is 0.551. The molecule has 0 aliphatic heterocycles. The lowest BCUT2D eigenvalue weighted by atomic mass is 10.1. The molecule has 3 aromatic rings. The minimum atomic E-state index is -0.323. The molecule has 0 radical (unpaired) electrons. The van der Waals surface area contributed by atoms with Crippen molar-refractivity contribution in [3.8, 4) is 17.0 Å². The van der Waals surface area contributed by atoms with Gasteiger partial charge in [0.2, 0.25) is 0 Å². The predicted molar refractivity (Wildman–Crippen MR) is 113 cm³/mol. The maximum absolute atomic E-state index is 12.7. The van der Waals surface area contributed by atoms with Crippen LogP contribution in [-0.4, -0.2) is 30.1 Å². The molecule has 0 saturated carbocycles. The number of anilines is 1. The molecule has 0 spiro atoms. The zero-order valence-corrected chi connectivity index (χ0v) is 17.1. The Morgan fingerprint density at radius 3 is 2.55 bits per heavy atom. The molecule has 0 aliphatic rings. The highest BCUT2D eigenvalue weighted by Crippen LogP contribution is 2.32. The van der Waals surface area contributed by atoms with Gasteiger partial charge in [0.15, 0.2) is 5.13 Å². The van der Waals surface area contributed by atoms with Gasteiger partial charge in [0, 0.05) is 16.0 Å². The van der Waals surface area contributed by atoms with Crippen LogP contribution in [0.15, 0.2) is 54.6 Å². The molecule has 0 aliphatic carbocycles. The van der Waals surface area contributed by atoms with Crippen LogP contribution in [0.4, 0.5) is 5.13 Å². The van der Waals surface area contributed by atoms with E-state index in [1.165, 1.54) is 11.3 Å². The van der Waals surface area contributed by atoms with Crippen molar-refractivity contribution in [1.82, 2.24) is 4.98 Å². The smallest absolute Gasteiger partial charge is 0.311 e. The molecule has 0 bridgehead atoms. The molecule has 1 N–H and O–H groups in total. The molecule has 0 saturated heterocycles. The first kappa shape index (κ1) is 20.5. The maximum Gasteiger partial charge on any atom is 0.311 e. The molecular formula is C22H22N2O4S. The minimum absolute atomic E-state index is 0.103. The monoisotopic (exact) mass is 410 g/mol. The second kappa shape index (κ2) is 9.84. The van der Waals surface area contributed by atoms with Gasteiger partial charge in [-0.3, -0.25) is 14.9 Å². The minimum Gasteiger partial charge on any atom is -0.494 e. The van der Waals surface area contributed by atoms with E-state index in [1.54, 1.807) is 31.2 Å². The van der Waals surface area contributed by atoms with Gasteiger partial charge in [-0.05, 0) is 32.0 Å². The van der Waals surface area contributed by atoms with Crippen molar-refractivity contribution < 1.29 is 19.1 Å². The number of ether oxygens (including phenoxy) is 2. The van der Waals surface area contributed by atoms with E-state index in [1.807, 2.05) is 37.3 Å². The Bertz CT molecular complexity index is 985. The van der Waals surface area contributed by atoms with Crippen molar-refractivity contribution in [2.45, 2.75) is 20.3 Å². The van der Waals surface area contributed by atoms with Crippen molar-refractivity contribution >= 4 is 28.3 Å². The molecule has 1 amide bonds. The van der Waals surface area contributed by atoms with Crippen molar-refractivity contribution in [3.63, 3.8) is 0 Å². The second-order valence-corrected chi connectivity index (χ2v) is 7.14. The summed E-state index contributed by atoms with van der Waals surface area (Å²) in [5.41, 5.74) is 2.02. The van der Waals surface area contributed by atoms with Crippen LogP contribution in [0.5, 0.6) is 5.75 Å². The number of nitrogens with zero attached hydrogens (tertiary/aromatic N) is 1. The van der Waals surface area contributed by atoms with Gasteiger partial charge in [-0.1, -0.05) is 36.4 Å². The van der Waals surface area contributed by atoms with Crippen LogP contribution in [0.25, 0.3) is 11.3 Å². The van der Waals surface area contributed by atoms with E-state index in [-0.39, 0.29) is 18.3 Å². The fourth-order valence-corrected chi connectivity index (χ4v) is 3.72. The van der Waals surface area contributed by atoms with Gasteiger partial charge in [0.05, 0.1) is 25.3 Å². The molecule has 29 heavy (non-hydrogen) atoms. The Kier molecular flexibility index (Phi) is 6.97. The second-order valence-electron chi connectivity index (χ2n) is 6.05. The molecule has 0 fully saturated rings. The van der Waals surface area contributed by atoms with Gasteiger partial charge in [-0.2, -0.15) is 0 Å². The van der Waals surface area contributed by atoms with E-state index in [0.29, 0.717) is 35.4 Å². The SMILES string of the molecule is CCOC(=O)Cc1sc(NC(=O)c2cccc(OCC)c2)nc1-c1ccccc1. The number of carbonyl (C=O) groups excluding carboxylic acids is 2. The van der Waals surface area contributed by atoms with Crippen LogP contribution in [0.3, 0.4) is 0 Å². The average Bonchev–Trinajstić information content (AvgIpc) is 3.11. The first-order valence-corrected chi connectivity index (χ1v) is 10.2. The Labute approximate surface area is 173 Å². The number of esters is 1. The lowest BCUT2D eigenvalue weighted by Gasteiger charge is -2.05. The van der Waals surface area contributed by atoms with Crippen LogP contribution in [0, 0.1) is 0 Å². The number of rotatable bonds is 8. The zero-order chi connectivity index (χ0) is 20.6. The molecule has 7 heteroatoms. The van der Waals surface area contributed by atoms with Gasteiger partial charge >= 0.3 is 5.97 Å².